The van der Waals surface area contributed by atoms with E-state index >= 15 is 0 Å². The fourth-order valence-electron chi connectivity index (χ4n) is 7.26. The van der Waals surface area contributed by atoms with Gasteiger partial charge in [-0.1, -0.05) is 47.0 Å². The molecule has 0 saturated heterocycles. The highest BCUT2D eigenvalue weighted by Crippen LogP contribution is 2.60. The molecular formula is C25H42O3. The summed E-state index contributed by atoms with van der Waals surface area (Å²) in [4.78, 5) is 24.6. The van der Waals surface area contributed by atoms with Crippen molar-refractivity contribution in [1.29, 1.82) is 0 Å². The Bertz CT molecular complexity index is 580. The number of Topliss-reactive ketones (excluding diaryl/α,β-unsaturated/α-hetero) is 1. The summed E-state index contributed by atoms with van der Waals surface area (Å²) in [6.45, 7) is 11.3. The van der Waals surface area contributed by atoms with Gasteiger partial charge in [0.15, 0.2) is 0 Å². The van der Waals surface area contributed by atoms with Gasteiger partial charge in [0.05, 0.1) is 5.60 Å². The maximum atomic E-state index is 12.7. The molecule has 3 saturated carbocycles. The Morgan fingerprint density at radius 1 is 1.11 bits per heavy atom. The molecule has 160 valence electrons. The molecule has 0 aliphatic heterocycles. The van der Waals surface area contributed by atoms with E-state index in [9.17, 15) is 14.7 Å². The minimum atomic E-state index is -0.950. The molecule has 0 aromatic rings. The third kappa shape index (κ3) is 4.11. The topological polar surface area (TPSA) is 54.4 Å². The molecule has 1 N–H and O–H groups in total. The number of carbonyl (C=O) groups excluding carboxylic acids is 2. The lowest BCUT2D eigenvalue weighted by molar-refractivity contribution is -0.128. The van der Waals surface area contributed by atoms with Crippen molar-refractivity contribution in [2.75, 3.05) is 0 Å². The predicted octanol–water partition coefficient (Wildman–Crippen LogP) is 5.44. The maximum Gasteiger partial charge on any atom is 0.139 e. The molecule has 3 fully saturated rings. The molecule has 3 heteroatoms. The standard InChI is InChI=1S/C25H42O3/c1-16(2)7-6-8-17(3)19-11-12-24(4)13-21-23(22(27)14-25(21,5)28)18(15-26)9-10-20(19)24/h15-21,23,28H,6-14H2,1-5H3/t17-,18+,19+,20-,21-,23+,24+,25+/m0/s1. The summed E-state index contributed by atoms with van der Waals surface area (Å²) in [5, 5.41) is 11.0. The summed E-state index contributed by atoms with van der Waals surface area (Å²) in [5.41, 5.74) is -0.753. The van der Waals surface area contributed by atoms with Gasteiger partial charge in [-0.15, -0.1) is 0 Å². The zero-order chi connectivity index (χ0) is 20.7. The van der Waals surface area contributed by atoms with Crippen molar-refractivity contribution in [2.24, 2.45) is 46.8 Å². The van der Waals surface area contributed by atoms with E-state index in [0.717, 1.165) is 43.3 Å². The zero-order valence-electron chi connectivity index (χ0n) is 18.7. The van der Waals surface area contributed by atoms with Crippen molar-refractivity contribution in [2.45, 2.75) is 98.0 Å². The van der Waals surface area contributed by atoms with Crippen molar-refractivity contribution in [3.8, 4) is 0 Å². The Kier molecular flexibility index (Phi) is 6.44. The van der Waals surface area contributed by atoms with Crippen LogP contribution in [-0.2, 0) is 9.59 Å². The van der Waals surface area contributed by atoms with Crippen LogP contribution in [-0.4, -0.2) is 22.8 Å². The second-order valence-corrected chi connectivity index (χ2v) is 11.5. The summed E-state index contributed by atoms with van der Waals surface area (Å²) in [5.74, 6) is 2.45. The summed E-state index contributed by atoms with van der Waals surface area (Å²) in [7, 11) is 0. The lowest BCUT2D eigenvalue weighted by Crippen LogP contribution is -2.42. The Morgan fingerprint density at radius 2 is 1.82 bits per heavy atom. The van der Waals surface area contributed by atoms with Gasteiger partial charge in [0.2, 0.25) is 0 Å². The molecule has 0 unspecified atom stereocenters. The summed E-state index contributed by atoms with van der Waals surface area (Å²) < 4.78 is 0. The molecule has 8 atom stereocenters. The number of fused-ring (bicyclic) bond motifs is 2. The SMILES string of the molecule is CC(C)CCC[C@H](C)[C@H]1CC[C@]2(C)C[C@H]3[C@H](C(=O)C[C@@]3(C)O)[C@@H](C=O)CC[C@@H]12. The summed E-state index contributed by atoms with van der Waals surface area (Å²) in [6, 6.07) is 0. The highest BCUT2D eigenvalue weighted by atomic mass is 16.3. The summed E-state index contributed by atoms with van der Waals surface area (Å²) in [6.07, 6.45) is 10.4. The summed E-state index contributed by atoms with van der Waals surface area (Å²) >= 11 is 0. The van der Waals surface area contributed by atoms with Crippen LogP contribution >= 0.6 is 0 Å². The van der Waals surface area contributed by atoms with Crippen molar-refractivity contribution < 1.29 is 14.7 Å². The van der Waals surface area contributed by atoms with Crippen LogP contribution in [0.15, 0.2) is 0 Å². The second kappa shape index (κ2) is 8.20. The number of aldehydes is 1. The van der Waals surface area contributed by atoms with E-state index < -0.39 is 5.60 Å². The number of ketones is 1. The van der Waals surface area contributed by atoms with Gasteiger partial charge in [-0.2, -0.15) is 0 Å². The first-order valence-corrected chi connectivity index (χ1v) is 11.8. The van der Waals surface area contributed by atoms with Gasteiger partial charge in [-0.05, 0) is 74.0 Å². The van der Waals surface area contributed by atoms with Gasteiger partial charge in [0.1, 0.15) is 12.1 Å². The molecule has 0 aromatic heterocycles. The van der Waals surface area contributed by atoms with Crippen LogP contribution in [0.1, 0.15) is 92.4 Å². The molecule has 3 aliphatic rings. The van der Waals surface area contributed by atoms with E-state index in [0.29, 0.717) is 5.92 Å². The predicted molar refractivity (Wildman–Crippen MR) is 113 cm³/mol. The van der Waals surface area contributed by atoms with Crippen LogP contribution in [0.5, 0.6) is 0 Å². The Balaban J connectivity index is 1.79. The molecule has 0 heterocycles. The maximum absolute atomic E-state index is 12.7. The Morgan fingerprint density at radius 3 is 2.46 bits per heavy atom. The zero-order valence-corrected chi connectivity index (χ0v) is 18.7. The van der Waals surface area contributed by atoms with Gasteiger partial charge in [0, 0.05) is 18.3 Å². The van der Waals surface area contributed by atoms with E-state index in [-0.39, 0.29) is 35.4 Å². The molecule has 0 aromatic carbocycles. The number of hydrogen-bond donors (Lipinski definition) is 1. The average Bonchev–Trinajstić information content (AvgIpc) is 3.01. The lowest BCUT2D eigenvalue weighted by atomic mass is 9.60. The van der Waals surface area contributed by atoms with E-state index in [1.807, 2.05) is 6.92 Å². The first-order chi connectivity index (χ1) is 13.1. The van der Waals surface area contributed by atoms with Gasteiger partial charge in [0.25, 0.3) is 0 Å². The lowest BCUT2D eigenvalue weighted by Gasteiger charge is -2.44. The molecule has 0 amide bonds. The molecule has 0 bridgehead atoms. The Labute approximate surface area is 172 Å². The fourth-order valence-corrected chi connectivity index (χ4v) is 7.26. The largest absolute Gasteiger partial charge is 0.389 e. The van der Waals surface area contributed by atoms with Crippen LogP contribution in [0, 0.1) is 46.8 Å². The molecular weight excluding hydrogens is 348 g/mol. The van der Waals surface area contributed by atoms with Crippen LogP contribution in [0.3, 0.4) is 0 Å². The van der Waals surface area contributed by atoms with Gasteiger partial charge >= 0.3 is 0 Å². The number of aliphatic hydroxyl groups is 1. The highest BCUT2D eigenvalue weighted by Gasteiger charge is 2.58. The van der Waals surface area contributed by atoms with E-state index in [1.165, 1.54) is 32.1 Å². The molecule has 3 aliphatic carbocycles. The van der Waals surface area contributed by atoms with Gasteiger partial charge in [-0.3, -0.25) is 4.79 Å². The van der Waals surface area contributed by atoms with Crippen molar-refractivity contribution in [3.63, 3.8) is 0 Å². The number of hydrogen-bond acceptors (Lipinski definition) is 3. The smallest absolute Gasteiger partial charge is 0.139 e. The minimum Gasteiger partial charge on any atom is -0.389 e. The van der Waals surface area contributed by atoms with E-state index in [4.69, 9.17) is 0 Å². The van der Waals surface area contributed by atoms with Crippen LogP contribution < -0.4 is 0 Å². The van der Waals surface area contributed by atoms with E-state index in [2.05, 4.69) is 27.7 Å². The van der Waals surface area contributed by atoms with Crippen LogP contribution in [0.4, 0.5) is 0 Å². The number of carbonyl (C=O) groups is 2. The second-order valence-electron chi connectivity index (χ2n) is 11.5. The van der Waals surface area contributed by atoms with Gasteiger partial charge < -0.3 is 9.90 Å². The van der Waals surface area contributed by atoms with Crippen molar-refractivity contribution in [3.05, 3.63) is 0 Å². The highest BCUT2D eigenvalue weighted by molar-refractivity contribution is 5.87. The molecule has 3 nitrogen and oxygen atoms in total. The third-order valence-electron chi connectivity index (χ3n) is 8.90. The quantitative estimate of drug-likeness (QED) is 0.615. The Hall–Kier alpha value is -0.700. The fraction of sp³-hybridized carbons (Fsp3) is 0.920. The first-order valence-electron chi connectivity index (χ1n) is 11.8. The van der Waals surface area contributed by atoms with Crippen LogP contribution in [0.2, 0.25) is 0 Å². The molecule has 0 radical (unpaired) electrons. The number of rotatable bonds is 6. The average molecular weight is 391 g/mol. The van der Waals surface area contributed by atoms with Gasteiger partial charge in [-0.25, -0.2) is 0 Å². The third-order valence-corrected chi connectivity index (χ3v) is 8.90. The van der Waals surface area contributed by atoms with Crippen molar-refractivity contribution >= 4 is 12.1 Å². The monoisotopic (exact) mass is 390 g/mol. The van der Waals surface area contributed by atoms with E-state index in [1.54, 1.807) is 0 Å². The van der Waals surface area contributed by atoms with Crippen LogP contribution in [0.25, 0.3) is 0 Å². The first kappa shape index (κ1) is 22.0. The molecule has 28 heavy (non-hydrogen) atoms. The normalized spacial score (nSPS) is 44.7. The van der Waals surface area contributed by atoms with Crippen molar-refractivity contribution in [1.82, 2.24) is 0 Å². The molecule has 0 spiro atoms. The minimum absolute atomic E-state index is 0.0574. The molecule has 3 rings (SSSR count).